The third-order valence-electron chi connectivity index (χ3n) is 5.71. The van der Waals surface area contributed by atoms with E-state index in [1.165, 1.54) is 18.5 Å². The second kappa shape index (κ2) is 9.60. The molecule has 0 saturated carbocycles. The highest BCUT2D eigenvalue weighted by molar-refractivity contribution is 5.80. The zero-order valence-electron chi connectivity index (χ0n) is 19.3. The van der Waals surface area contributed by atoms with Crippen molar-refractivity contribution in [3.8, 4) is 11.3 Å². The Kier molecular flexibility index (Phi) is 5.84. The molecule has 5 aromatic rings. The van der Waals surface area contributed by atoms with E-state index in [1.54, 1.807) is 33.9 Å². The predicted molar refractivity (Wildman–Crippen MR) is 130 cm³/mol. The minimum absolute atomic E-state index is 0.304. The Labute approximate surface area is 208 Å². The van der Waals surface area contributed by atoms with Crippen molar-refractivity contribution in [2.45, 2.75) is 13.1 Å². The fourth-order valence-corrected chi connectivity index (χ4v) is 3.98. The van der Waals surface area contributed by atoms with Crippen LogP contribution in [0.2, 0.25) is 0 Å². The number of pyridine rings is 1. The molecule has 1 aliphatic heterocycles. The molecule has 1 aliphatic rings. The zero-order valence-corrected chi connectivity index (χ0v) is 19.3. The molecule has 0 aliphatic carbocycles. The Morgan fingerprint density at radius 3 is 2.81 bits per heavy atom. The average molecular weight is 502 g/mol. The summed E-state index contributed by atoms with van der Waals surface area (Å²) in [6.45, 7) is 1.86. The second-order valence-corrected chi connectivity index (χ2v) is 8.21. The van der Waals surface area contributed by atoms with Gasteiger partial charge in [0.15, 0.2) is 11.5 Å². The minimum atomic E-state index is -0.671. The van der Waals surface area contributed by atoms with E-state index in [-0.39, 0.29) is 0 Å². The van der Waals surface area contributed by atoms with Crippen LogP contribution in [0.25, 0.3) is 23.0 Å². The predicted octanol–water partition coefficient (Wildman–Crippen LogP) is 3.15. The minimum Gasteiger partial charge on any atom is -0.494 e. The Bertz CT molecular complexity index is 1580. The topological polar surface area (TPSA) is 120 Å². The van der Waals surface area contributed by atoms with Crippen molar-refractivity contribution in [1.82, 2.24) is 39.6 Å². The Morgan fingerprint density at radius 1 is 1.08 bits per heavy atom. The lowest BCUT2D eigenvalue weighted by Gasteiger charge is -2.21. The molecule has 6 rings (SSSR count). The van der Waals surface area contributed by atoms with E-state index in [0.717, 1.165) is 28.9 Å². The fraction of sp³-hybridized carbons (Fsp3) is 0.167. The van der Waals surface area contributed by atoms with Crippen molar-refractivity contribution in [3.05, 3.63) is 84.2 Å². The largest absolute Gasteiger partial charge is 0.494 e. The molecule has 0 unspecified atom stereocenters. The van der Waals surface area contributed by atoms with Gasteiger partial charge >= 0.3 is 0 Å². The summed E-state index contributed by atoms with van der Waals surface area (Å²) in [4.78, 5) is 8.36. The van der Waals surface area contributed by atoms with Crippen molar-refractivity contribution < 1.29 is 13.5 Å². The SMILES string of the molecule is Fc1cc(F)cc(-c2ccc3nnc(CNc4ccnc5c4NCC(OCCn4cncn4)=C5)n3n2)c1. The number of anilines is 2. The molecule has 13 heteroatoms. The van der Waals surface area contributed by atoms with Gasteiger partial charge in [0.2, 0.25) is 0 Å². The maximum Gasteiger partial charge on any atom is 0.178 e. The number of nitrogens with one attached hydrogen (secondary N) is 2. The summed E-state index contributed by atoms with van der Waals surface area (Å²) in [5, 5.41) is 23.6. The molecule has 0 bridgehead atoms. The molecule has 11 nitrogen and oxygen atoms in total. The standard InChI is InChI=1S/C24H20F2N10O/c25-16-7-15(8-17(26)9-16)19-1-2-22-32-33-23(36(22)34-19)12-29-20-3-4-28-21-10-18(11-30-24(20)21)37-6-5-35-14-27-13-31-35/h1-4,7-10,13-14,30H,5-6,11-12H2,(H,28,29). The molecule has 37 heavy (non-hydrogen) atoms. The van der Waals surface area contributed by atoms with Gasteiger partial charge in [-0.3, -0.25) is 4.98 Å². The molecular formula is C24H20F2N10O. The summed E-state index contributed by atoms with van der Waals surface area (Å²) >= 11 is 0. The molecule has 0 saturated heterocycles. The molecular weight excluding hydrogens is 482 g/mol. The first-order valence-electron chi connectivity index (χ1n) is 11.4. The number of benzene rings is 1. The Morgan fingerprint density at radius 2 is 1.97 bits per heavy atom. The quantitative estimate of drug-likeness (QED) is 0.330. The van der Waals surface area contributed by atoms with Gasteiger partial charge in [0, 0.05) is 23.9 Å². The summed E-state index contributed by atoms with van der Waals surface area (Å²) in [6.07, 6.45) is 6.73. The van der Waals surface area contributed by atoms with Crippen LogP contribution in [0.3, 0.4) is 0 Å². The van der Waals surface area contributed by atoms with Crippen molar-refractivity contribution in [2.75, 3.05) is 23.8 Å². The van der Waals surface area contributed by atoms with Crippen LogP contribution in [0.5, 0.6) is 0 Å². The number of hydrogen-bond donors (Lipinski definition) is 2. The highest BCUT2D eigenvalue weighted by Crippen LogP contribution is 2.30. The third kappa shape index (κ3) is 4.78. The number of ether oxygens (including phenoxy) is 1. The highest BCUT2D eigenvalue weighted by atomic mass is 19.1. The van der Waals surface area contributed by atoms with E-state index in [9.17, 15) is 8.78 Å². The highest BCUT2D eigenvalue weighted by Gasteiger charge is 2.17. The van der Waals surface area contributed by atoms with Crippen molar-refractivity contribution in [2.24, 2.45) is 0 Å². The molecule has 0 radical (unpaired) electrons. The number of nitrogens with zero attached hydrogens (tertiary/aromatic N) is 8. The maximum absolute atomic E-state index is 13.7. The van der Waals surface area contributed by atoms with Gasteiger partial charge in [-0.1, -0.05) is 0 Å². The summed E-state index contributed by atoms with van der Waals surface area (Å²) in [6, 6.07) is 8.49. The summed E-state index contributed by atoms with van der Waals surface area (Å²) in [7, 11) is 0. The van der Waals surface area contributed by atoms with Gasteiger partial charge in [0.05, 0.1) is 42.4 Å². The van der Waals surface area contributed by atoms with Crippen LogP contribution in [0.4, 0.5) is 20.2 Å². The van der Waals surface area contributed by atoms with Gasteiger partial charge in [-0.15, -0.1) is 10.2 Å². The van der Waals surface area contributed by atoms with E-state index in [1.807, 2.05) is 12.1 Å². The van der Waals surface area contributed by atoms with Crippen molar-refractivity contribution >= 4 is 23.1 Å². The summed E-state index contributed by atoms with van der Waals surface area (Å²) in [5.74, 6) is -0.0420. The lowest BCUT2D eigenvalue weighted by Crippen LogP contribution is -2.17. The fourth-order valence-electron chi connectivity index (χ4n) is 3.98. The van der Waals surface area contributed by atoms with Gasteiger partial charge in [0.25, 0.3) is 0 Å². The first kappa shape index (κ1) is 22.5. The number of rotatable bonds is 8. The number of hydrogen-bond acceptors (Lipinski definition) is 9. The van der Waals surface area contributed by atoms with E-state index in [2.05, 4.69) is 41.0 Å². The third-order valence-corrected chi connectivity index (χ3v) is 5.71. The lowest BCUT2D eigenvalue weighted by molar-refractivity contribution is 0.198. The van der Waals surface area contributed by atoms with Gasteiger partial charge in [-0.05, 0) is 30.3 Å². The average Bonchev–Trinajstić information content (AvgIpc) is 3.56. The Balaban J connectivity index is 1.18. The van der Waals surface area contributed by atoms with Gasteiger partial charge in [-0.2, -0.15) is 14.7 Å². The van der Waals surface area contributed by atoms with Crippen LogP contribution >= 0.6 is 0 Å². The first-order chi connectivity index (χ1) is 18.1. The van der Waals surface area contributed by atoms with Crippen LogP contribution in [0, 0.1) is 11.6 Å². The van der Waals surface area contributed by atoms with Crippen molar-refractivity contribution in [3.63, 3.8) is 0 Å². The normalized spacial score (nSPS) is 12.6. The Hall–Kier alpha value is -4.94. The van der Waals surface area contributed by atoms with Crippen LogP contribution in [0.15, 0.2) is 61.0 Å². The number of aromatic nitrogens is 8. The molecule has 2 N–H and O–H groups in total. The van der Waals surface area contributed by atoms with Gasteiger partial charge in [-0.25, -0.2) is 18.4 Å². The van der Waals surface area contributed by atoms with E-state index >= 15 is 0 Å². The van der Waals surface area contributed by atoms with Gasteiger partial charge in [0.1, 0.15) is 36.7 Å². The lowest BCUT2D eigenvalue weighted by atomic mass is 10.1. The van der Waals surface area contributed by atoms with Crippen LogP contribution in [-0.2, 0) is 17.8 Å². The van der Waals surface area contributed by atoms with Crippen LogP contribution < -0.4 is 10.6 Å². The van der Waals surface area contributed by atoms with E-state index < -0.39 is 11.6 Å². The molecule has 1 aromatic carbocycles. The summed E-state index contributed by atoms with van der Waals surface area (Å²) < 4.78 is 36.5. The molecule has 5 heterocycles. The van der Waals surface area contributed by atoms with Crippen molar-refractivity contribution in [1.29, 1.82) is 0 Å². The maximum atomic E-state index is 13.7. The van der Waals surface area contributed by atoms with Gasteiger partial charge < -0.3 is 15.4 Å². The zero-order chi connectivity index (χ0) is 25.2. The molecule has 186 valence electrons. The molecule has 0 fully saturated rings. The molecule has 4 aromatic heterocycles. The van der Waals surface area contributed by atoms with Crippen LogP contribution in [0.1, 0.15) is 11.5 Å². The summed E-state index contributed by atoms with van der Waals surface area (Å²) in [5.41, 5.74) is 3.64. The number of fused-ring (bicyclic) bond motifs is 2. The smallest absolute Gasteiger partial charge is 0.178 e. The van der Waals surface area contributed by atoms with Crippen LogP contribution in [-0.4, -0.2) is 52.7 Å². The number of halogens is 2. The van der Waals surface area contributed by atoms with E-state index in [4.69, 9.17) is 4.74 Å². The molecule has 0 spiro atoms. The second-order valence-electron chi connectivity index (χ2n) is 8.21. The monoisotopic (exact) mass is 502 g/mol. The molecule has 0 amide bonds. The molecule has 0 atom stereocenters. The first-order valence-corrected chi connectivity index (χ1v) is 11.4. The van der Waals surface area contributed by atoms with E-state index in [0.29, 0.717) is 49.0 Å².